The van der Waals surface area contributed by atoms with Crippen molar-refractivity contribution < 1.29 is 4.74 Å². The number of likely N-dealkylation sites (tertiary alicyclic amines) is 1. The summed E-state index contributed by atoms with van der Waals surface area (Å²) in [6.45, 7) is 12.5. The van der Waals surface area contributed by atoms with Crippen LogP contribution in [0.25, 0.3) is 0 Å². The molecule has 2 fully saturated rings. The van der Waals surface area contributed by atoms with E-state index in [2.05, 4.69) is 31.0 Å². The van der Waals surface area contributed by atoms with Gasteiger partial charge in [0.05, 0.1) is 0 Å². The molecule has 0 aromatic carbocycles. The Bertz CT molecular complexity index is 287. The summed E-state index contributed by atoms with van der Waals surface area (Å²) in [5, 5.41) is 3.71. The number of nitrogens with zero attached hydrogens (tertiary/aromatic N) is 1. The summed E-state index contributed by atoms with van der Waals surface area (Å²) in [6, 6.07) is 1.39. The molecule has 0 saturated carbocycles. The van der Waals surface area contributed by atoms with Gasteiger partial charge in [-0.1, -0.05) is 33.6 Å². The third kappa shape index (κ3) is 5.22. The summed E-state index contributed by atoms with van der Waals surface area (Å²) in [4.78, 5) is 2.82. The molecule has 2 aliphatic heterocycles. The molecule has 1 unspecified atom stereocenters. The first-order valence-electron chi connectivity index (χ1n) is 9.20. The topological polar surface area (TPSA) is 24.5 Å². The zero-order chi connectivity index (χ0) is 15.1. The number of ether oxygens (including phenoxy) is 1. The van der Waals surface area contributed by atoms with Crippen LogP contribution in [0.3, 0.4) is 0 Å². The van der Waals surface area contributed by atoms with Crippen molar-refractivity contribution in [2.75, 3.05) is 32.8 Å². The zero-order valence-electron chi connectivity index (χ0n) is 14.5. The molecule has 0 aliphatic carbocycles. The van der Waals surface area contributed by atoms with Gasteiger partial charge in [0.15, 0.2) is 0 Å². The quantitative estimate of drug-likeness (QED) is 0.812. The summed E-state index contributed by atoms with van der Waals surface area (Å²) in [5.74, 6) is 0. The van der Waals surface area contributed by atoms with E-state index < -0.39 is 0 Å². The van der Waals surface area contributed by atoms with Crippen molar-refractivity contribution in [1.82, 2.24) is 10.2 Å². The second kappa shape index (κ2) is 8.50. The van der Waals surface area contributed by atoms with Crippen LogP contribution in [0, 0.1) is 5.41 Å². The van der Waals surface area contributed by atoms with Gasteiger partial charge in [-0.2, -0.15) is 0 Å². The molecule has 0 aromatic rings. The average Bonchev–Trinajstić information content (AvgIpc) is 2.71. The van der Waals surface area contributed by atoms with Crippen LogP contribution < -0.4 is 5.32 Å². The van der Waals surface area contributed by atoms with E-state index in [-0.39, 0.29) is 0 Å². The number of hydrogen-bond acceptors (Lipinski definition) is 3. The van der Waals surface area contributed by atoms with E-state index in [4.69, 9.17) is 4.74 Å². The van der Waals surface area contributed by atoms with Crippen LogP contribution in [0.15, 0.2) is 0 Å². The molecule has 124 valence electrons. The minimum Gasteiger partial charge on any atom is -0.381 e. The van der Waals surface area contributed by atoms with Gasteiger partial charge in [-0.25, -0.2) is 0 Å². The molecule has 2 heterocycles. The van der Waals surface area contributed by atoms with Crippen LogP contribution in [0.1, 0.15) is 65.7 Å². The van der Waals surface area contributed by atoms with Crippen LogP contribution in [-0.4, -0.2) is 49.8 Å². The fraction of sp³-hybridized carbons (Fsp3) is 1.00. The standard InChI is InChI=1S/C18H36N2O/c1-4-17-8-6-5-7-11-20(17)15-18(14-19-16(2)3)9-12-21-13-10-18/h16-17,19H,4-15H2,1-3H3. The first kappa shape index (κ1) is 17.2. The van der Waals surface area contributed by atoms with Gasteiger partial charge < -0.3 is 10.1 Å². The Kier molecular flexibility index (Phi) is 6.97. The highest BCUT2D eigenvalue weighted by atomic mass is 16.5. The molecule has 1 atom stereocenters. The Labute approximate surface area is 131 Å². The van der Waals surface area contributed by atoms with E-state index in [1.54, 1.807) is 0 Å². The van der Waals surface area contributed by atoms with Crippen molar-refractivity contribution in [3.8, 4) is 0 Å². The highest BCUT2D eigenvalue weighted by Gasteiger charge is 2.36. The number of nitrogens with one attached hydrogen (secondary N) is 1. The third-order valence-corrected chi connectivity index (χ3v) is 5.45. The lowest BCUT2D eigenvalue weighted by Crippen LogP contribution is -2.50. The van der Waals surface area contributed by atoms with Gasteiger partial charge >= 0.3 is 0 Å². The van der Waals surface area contributed by atoms with Gasteiger partial charge in [0, 0.05) is 38.4 Å². The molecular weight excluding hydrogens is 260 g/mol. The monoisotopic (exact) mass is 296 g/mol. The molecular formula is C18H36N2O. The smallest absolute Gasteiger partial charge is 0.0472 e. The van der Waals surface area contributed by atoms with Gasteiger partial charge in [-0.3, -0.25) is 4.90 Å². The van der Waals surface area contributed by atoms with E-state index in [1.165, 1.54) is 58.0 Å². The molecule has 3 heteroatoms. The van der Waals surface area contributed by atoms with Gasteiger partial charge in [-0.05, 0) is 44.1 Å². The van der Waals surface area contributed by atoms with E-state index in [9.17, 15) is 0 Å². The molecule has 0 spiro atoms. The minimum absolute atomic E-state index is 0.431. The lowest BCUT2D eigenvalue weighted by atomic mass is 9.79. The largest absolute Gasteiger partial charge is 0.381 e. The molecule has 0 radical (unpaired) electrons. The summed E-state index contributed by atoms with van der Waals surface area (Å²) in [6.07, 6.45) is 9.40. The van der Waals surface area contributed by atoms with Crippen molar-refractivity contribution in [3.05, 3.63) is 0 Å². The predicted octanol–water partition coefficient (Wildman–Crippen LogP) is 3.44. The summed E-state index contributed by atoms with van der Waals surface area (Å²) >= 11 is 0. The van der Waals surface area contributed by atoms with Gasteiger partial charge in [0.2, 0.25) is 0 Å². The predicted molar refractivity (Wildman–Crippen MR) is 89.7 cm³/mol. The van der Waals surface area contributed by atoms with Gasteiger partial charge in [-0.15, -0.1) is 0 Å². The summed E-state index contributed by atoms with van der Waals surface area (Å²) < 4.78 is 5.65. The van der Waals surface area contributed by atoms with Crippen LogP contribution in [0.5, 0.6) is 0 Å². The summed E-state index contributed by atoms with van der Waals surface area (Å²) in [7, 11) is 0. The average molecular weight is 296 g/mol. The van der Waals surface area contributed by atoms with Crippen LogP contribution in [-0.2, 0) is 4.74 Å². The fourth-order valence-electron chi connectivity index (χ4n) is 3.95. The maximum absolute atomic E-state index is 5.65. The highest BCUT2D eigenvalue weighted by Crippen LogP contribution is 2.33. The zero-order valence-corrected chi connectivity index (χ0v) is 14.5. The second-order valence-corrected chi connectivity index (χ2v) is 7.53. The van der Waals surface area contributed by atoms with Crippen LogP contribution >= 0.6 is 0 Å². The molecule has 2 rings (SSSR count). The van der Waals surface area contributed by atoms with Gasteiger partial charge in [0.25, 0.3) is 0 Å². The molecule has 21 heavy (non-hydrogen) atoms. The van der Waals surface area contributed by atoms with Crippen molar-refractivity contribution in [2.24, 2.45) is 5.41 Å². The number of rotatable bonds is 6. The van der Waals surface area contributed by atoms with E-state index in [0.717, 1.165) is 25.8 Å². The van der Waals surface area contributed by atoms with Crippen molar-refractivity contribution in [1.29, 1.82) is 0 Å². The molecule has 0 bridgehead atoms. The van der Waals surface area contributed by atoms with Crippen LogP contribution in [0.2, 0.25) is 0 Å². The Hall–Kier alpha value is -0.120. The molecule has 0 amide bonds. The maximum Gasteiger partial charge on any atom is 0.0472 e. The van der Waals surface area contributed by atoms with E-state index in [0.29, 0.717) is 11.5 Å². The SMILES string of the molecule is CCC1CCCCCN1CC1(CNC(C)C)CCOCC1. The first-order chi connectivity index (χ1) is 10.2. The van der Waals surface area contributed by atoms with Crippen molar-refractivity contribution >= 4 is 0 Å². The van der Waals surface area contributed by atoms with Crippen molar-refractivity contribution in [3.63, 3.8) is 0 Å². The lowest BCUT2D eigenvalue weighted by molar-refractivity contribution is -0.0127. The second-order valence-electron chi connectivity index (χ2n) is 7.53. The number of hydrogen-bond donors (Lipinski definition) is 1. The fourth-order valence-corrected chi connectivity index (χ4v) is 3.95. The maximum atomic E-state index is 5.65. The Morgan fingerprint density at radius 3 is 2.62 bits per heavy atom. The molecule has 1 N–H and O–H groups in total. The lowest BCUT2D eigenvalue weighted by Gasteiger charge is -2.43. The Morgan fingerprint density at radius 2 is 1.95 bits per heavy atom. The van der Waals surface area contributed by atoms with Crippen molar-refractivity contribution in [2.45, 2.75) is 77.8 Å². The summed E-state index contributed by atoms with van der Waals surface area (Å²) in [5.41, 5.74) is 0.431. The normalized spacial score (nSPS) is 27.7. The third-order valence-electron chi connectivity index (χ3n) is 5.45. The van der Waals surface area contributed by atoms with Crippen LogP contribution in [0.4, 0.5) is 0 Å². The molecule has 2 saturated heterocycles. The molecule has 3 nitrogen and oxygen atoms in total. The Morgan fingerprint density at radius 1 is 1.19 bits per heavy atom. The molecule has 0 aromatic heterocycles. The first-order valence-corrected chi connectivity index (χ1v) is 9.20. The van der Waals surface area contributed by atoms with Gasteiger partial charge in [0.1, 0.15) is 0 Å². The minimum atomic E-state index is 0.431. The Balaban J connectivity index is 2.01. The van der Waals surface area contributed by atoms with E-state index in [1.807, 2.05) is 0 Å². The molecule has 2 aliphatic rings. The van der Waals surface area contributed by atoms with E-state index >= 15 is 0 Å². The highest BCUT2D eigenvalue weighted by molar-refractivity contribution is 4.90.